The first kappa shape index (κ1) is 13.7. The van der Waals surface area contributed by atoms with E-state index in [1.54, 1.807) is 18.6 Å². The van der Waals surface area contributed by atoms with E-state index >= 15 is 0 Å². The molecule has 2 saturated carbocycles. The lowest BCUT2D eigenvalue weighted by Crippen LogP contribution is -2.53. The molecule has 2 aliphatic rings. The van der Waals surface area contributed by atoms with E-state index in [1.165, 1.54) is 6.42 Å². The van der Waals surface area contributed by atoms with E-state index in [2.05, 4.69) is 15.3 Å². The Bertz CT molecular complexity index is 683. The summed E-state index contributed by atoms with van der Waals surface area (Å²) in [5.74, 6) is 0.894. The second-order valence-electron chi connectivity index (χ2n) is 6.62. The Morgan fingerprint density at radius 2 is 1.86 bits per heavy atom. The van der Waals surface area contributed by atoms with Crippen molar-refractivity contribution in [1.29, 1.82) is 0 Å². The zero-order chi connectivity index (χ0) is 15.1. The van der Waals surface area contributed by atoms with Crippen LogP contribution in [0.2, 0.25) is 0 Å². The lowest BCUT2D eigenvalue weighted by Gasteiger charge is -2.45. The zero-order valence-corrected chi connectivity index (χ0v) is 12.5. The van der Waals surface area contributed by atoms with Crippen LogP contribution in [-0.2, 0) is 0 Å². The number of hydrogen-bond acceptors (Lipinski definition) is 4. The molecule has 2 aromatic rings. The number of carbonyl (C=O) groups is 1. The third kappa shape index (κ3) is 2.27. The maximum absolute atomic E-state index is 12.7. The monoisotopic (exact) mass is 299 g/mol. The van der Waals surface area contributed by atoms with Crippen LogP contribution in [0.25, 0.3) is 5.65 Å². The topological polar surface area (TPSA) is 85.3 Å². The van der Waals surface area contributed by atoms with E-state index in [9.17, 15) is 4.79 Å². The summed E-state index contributed by atoms with van der Waals surface area (Å²) in [5, 5.41) is 3.23. The van der Waals surface area contributed by atoms with Gasteiger partial charge in [0.25, 0.3) is 5.91 Å². The average molecular weight is 299 g/mol. The van der Waals surface area contributed by atoms with Crippen LogP contribution in [0.1, 0.15) is 42.6 Å². The Labute approximate surface area is 129 Å². The van der Waals surface area contributed by atoms with E-state index in [-0.39, 0.29) is 18.0 Å². The van der Waals surface area contributed by atoms with Crippen molar-refractivity contribution in [3.8, 4) is 0 Å². The van der Waals surface area contributed by atoms with Crippen LogP contribution in [0.4, 0.5) is 0 Å². The summed E-state index contributed by atoms with van der Waals surface area (Å²) in [7, 11) is 0. The number of aromatic nitrogens is 3. The fourth-order valence-corrected chi connectivity index (χ4v) is 4.26. The first-order chi connectivity index (χ1) is 10.7. The minimum atomic E-state index is -0.117. The Hall–Kier alpha value is -1.95. The molecule has 0 aromatic carbocycles. The summed E-state index contributed by atoms with van der Waals surface area (Å²) in [6.07, 6.45) is 12.6. The van der Waals surface area contributed by atoms with Gasteiger partial charge in [0, 0.05) is 36.9 Å². The lowest BCUT2D eigenvalue weighted by molar-refractivity contribution is 0.0752. The molecule has 22 heavy (non-hydrogen) atoms. The van der Waals surface area contributed by atoms with Crippen LogP contribution in [0, 0.1) is 11.8 Å². The zero-order valence-electron chi connectivity index (χ0n) is 12.5. The minimum Gasteiger partial charge on any atom is -0.347 e. The molecule has 2 fully saturated rings. The molecule has 2 heterocycles. The summed E-state index contributed by atoms with van der Waals surface area (Å²) in [5.41, 5.74) is 7.16. The van der Waals surface area contributed by atoms with Crippen LogP contribution in [0.15, 0.2) is 24.8 Å². The molecule has 116 valence electrons. The first-order valence-electron chi connectivity index (χ1n) is 8.06. The average Bonchev–Trinajstić information content (AvgIpc) is 2.96. The summed E-state index contributed by atoms with van der Waals surface area (Å²) >= 11 is 0. The Morgan fingerprint density at radius 3 is 2.59 bits per heavy atom. The number of carbonyl (C=O) groups excluding carboxylic acids is 1. The number of fused-ring (bicyclic) bond motifs is 3. The van der Waals surface area contributed by atoms with Gasteiger partial charge < -0.3 is 15.5 Å². The number of nitrogens with two attached hydrogens (primary N) is 1. The lowest BCUT2D eigenvalue weighted by atomic mass is 9.67. The van der Waals surface area contributed by atoms with Crippen molar-refractivity contribution in [2.75, 3.05) is 0 Å². The summed E-state index contributed by atoms with van der Waals surface area (Å²) in [6, 6.07) is 0.523. The minimum absolute atomic E-state index is 0.117. The highest BCUT2D eigenvalue weighted by molar-refractivity contribution is 5.97. The molecule has 6 heteroatoms. The summed E-state index contributed by atoms with van der Waals surface area (Å²) < 4.78 is 1.82. The van der Waals surface area contributed by atoms with Crippen molar-refractivity contribution in [2.24, 2.45) is 17.6 Å². The smallest absolute Gasteiger partial charge is 0.273 e. The van der Waals surface area contributed by atoms with Crippen LogP contribution >= 0.6 is 0 Å². The fourth-order valence-electron chi connectivity index (χ4n) is 4.26. The number of amides is 1. The first-order valence-corrected chi connectivity index (χ1v) is 8.06. The molecular formula is C16H21N5O. The Balaban J connectivity index is 1.58. The van der Waals surface area contributed by atoms with E-state index in [1.807, 2.05) is 10.6 Å². The molecule has 2 bridgehead atoms. The van der Waals surface area contributed by atoms with Crippen molar-refractivity contribution in [3.05, 3.63) is 30.5 Å². The van der Waals surface area contributed by atoms with E-state index in [0.29, 0.717) is 23.2 Å². The predicted molar refractivity (Wildman–Crippen MR) is 82.3 cm³/mol. The van der Waals surface area contributed by atoms with Crippen molar-refractivity contribution >= 4 is 11.6 Å². The van der Waals surface area contributed by atoms with Gasteiger partial charge in [-0.25, -0.2) is 9.97 Å². The molecule has 2 aromatic heterocycles. The summed E-state index contributed by atoms with van der Waals surface area (Å²) in [4.78, 5) is 21.1. The third-order valence-corrected chi connectivity index (χ3v) is 5.20. The number of hydrogen-bond donors (Lipinski definition) is 2. The van der Waals surface area contributed by atoms with Crippen molar-refractivity contribution in [3.63, 3.8) is 0 Å². The fraction of sp³-hybridized carbons (Fsp3) is 0.562. The molecule has 2 aliphatic carbocycles. The van der Waals surface area contributed by atoms with Crippen LogP contribution in [-0.4, -0.2) is 32.4 Å². The van der Waals surface area contributed by atoms with Gasteiger partial charge in [-0.2, -0.15) is 0 Å². The largest absolute Gasteiger partial charge is 0.347 e. The standard InChI is InChI=1S/C16H21N5O/c17-12-8-10-2-1-3-11(9-12)13(10)20-16(22)14-15-19-5-7-21(15)6-4-18-14/h4-7,10-13H,1-3,8-9,17H2,(H,20,22). The molecule has 4 rings (SSSR count). The maximum Gasteiger partial charge on any atom is 0.273 e. The second kappa shape index (κ2) is 5.35. The second-order valence-corrected chi connectivity index (χ2v) is 6.62. The molecule has 0 radical (unpaired) electrons. The predicted octanol–water partition coefficient (Wildman–Crippen LogP) is 1.37. The van der Waals surface area contributed by atoms with E-state index in [0.717, 1.165) is 25.7 Å². The van der Waals surface area contributed by atoms with Gasteiger partial charge in [-0.15, -0.1) is 0 Å². The van der Waals surface area contributed by atoms with Crippen molar-refractivity contribution in [1.82, 2.24) is 19.7 Å². The van der Waals surface area contributed by atoms with Crippen LogP contribution in [0.3, 0.4) is 0 Å². The number of rotatable bonds is 2. The molecule has 2 unspecified atom stereocenters. The van der Waals surface area contributed by atoms with Gasteiger partial charge in [0.15, 0.2) is 11.3 Å². The molecule has 6 nitrogen and oxygen atoms in total. The van der Waals surface area contributed by atoms with E-state index in [4.69, 9.17) is 5.73 Å². The van der Waals surface area contributed by atoms with Gasteiger partial charge in [-0.05, 0) is 37.5 Å². The number of nitrogens with one attached hydrogen (secondary N) is 1. The number of imidazole rings is 1. The third-order valence-electron chi connectivity index (χ3n) is 5.20. The SMILES string of the molecule is NC1CC2CCCC(C1)C2NC(=O)c1nccn2ccnc12. The highest BCUT2D eigenvalue weighted by Gasteiger charge is 2.40. The van der Waals surface area contributed by atoms with Crippen LogP contribution < -0.4 is 11.1 Å². The Morgan fingerprint density at radius 1 is 1.18 bits per heavy atom. The van der Waals surface area contributed by atoms with Gasteiger partial charge in [-0.1, -0.05) is 6.42 Å². The molecule has 0 spiro atoms. The molecule has 0 saturated heterocycles. The van der Waals surface area contributed by atoms with E-state index < -0.39 is 0 Å². The van der Waals surface area contributed by atoms with Gasteiger partial charge in [0.05, 0.1) is 0 Å². The summed E-state index contributed by atoms with van der Waals surface area (Å²) in [6.45, 7) is 0. The van der Waals surface area contributed by atoms with Crippen molar-refractivity contribution < 1.29 is 4.79 Å². The Kier molecular flexibility index (Phi) is 3.33. The van der Waals surface area contributed by atoms with Gasteiger partial charge in [0.1, 0.15) is 0 Å². The molecule has 3 N–H and O–H groups in total. The highest BCUT2D eigenvalue weighted by Crippen LogP contribution is 2.39. The number of nitrogens with zero attached hydrogens (tertiary/aromatic N) is 3. The molecule has 0 aliphatic heterocycles. The van der Waals surface area contributed by atoms with Gasteiger partial charge in [-0.3, -0.25) is 4.79 Å². The van der Waals surface area contributed by atoms with Gasteiger partial charge in [0.2, 0.25) is 0 Å². The van der Waals surface area contributed by atoms with Gasteiger partial charge >= 0.3 is 0 Å². The molecule has 1 amide bonds. The normalized spacial score (nSPS) is 31.1. The molecule has 2 atom stereocenters. The van der Waals surface area contributed by atoms with Crippen molar-refractivity contribution in [2.45, 2.75) is 44.2 Å². The maximum atomic E-state index is 12.7. The highest BCUT2D eigenvalue weighted by atomic mass is 16.2. The quantitative estimate of drug-likeness (QED) is 0.877. The van der Waals surface area contributed by atoms with Crippen LogP contribution in [0.5, 0.6) is 0 Å². The molecular weight excluding hydrogens is 278 g/mol.